The number of aromatic carboxylic acids is 1. The lowest BCUT2D eigenvalue weighted by atomic mass is 10.2. The number of carboxylic acids is 1. The zero-order valence-electron chi connectivity index (χ0n) is 9.68. The van der Waals surface area contributed by atoms with Gasteiger partial charge in [-0.25, -0.2) is 13.9 Å². The molecule has 1 saturated carbocycles. The van der Waals surface area contributed by atoms with Gasteiger partial charge in [0.15, 0.2) is 5.69 Å². The fourth-order valence-corrected chi connectivity index (χ4v) is 2.34. The number of hydrogen-bond acceptors (Lipinski definition) is 3. The first-order valence-electron chi connectivity index (χ1n) is 5.72. The van der Waals surface area contributed by atoms with E-state index in [1.807, 2.05) is 0 Å². The van der Waals surface area contributed by atoms with Gasteiger partial charge in [0.2, 0.25) is 0 Å². The van der Waals surface area contributed by atoms with E-state index in [1.165, 1.54) is 10.7 Å². The molecule has 1 aliphatic rings. The van der Waals surface area contributed by atoms with Gasteiger partial charge in [-0.3, -0.25) is 0 Å². The average molecular weight is 326 g/mol. The van der Waals surface area contributed by atoms with E-state index in [0.29, 0.717) is 10.2 Å². The summed E-state index contributed by atoms with van der Waals surface area (Å²) in [4.78, 5) is 11.1. The smallest absolute Gasteiger partial charge is 0.358 e. The fourth-order valence-electron chi connectivity index (χ4n) is 1.99. The molecule has 2 aromatic rings. The Morgan fingerprint density at radius 3 is 2.84 bits per heavy atom. The highest BCUT2D eigenvalue weighted by atomic mass is 79.9. The Hall–Kier alpha value is -1.76. The minimum atomic E-state index is -1.14. The topological polar surface area (TPSA) is 68.0 Å². The third-order valence-electron chi connectivity index (χ3n) is 3.01. The lowest BCUT2D eigenvalue weighted by Gasteiger charge is -2.07. The number of benzene rings is 1. The van der Waals surface area contributed by atoms with Gasteiger partial charge in [-0.15, -0.1) is 5.10 Å². The van der Waals surface area contributed by atoms with Crippen LogP contribution in [-0.2, 0) is 0 Å². The summed E-state index contributed by atoms with van der Waals surface area (Å²) >= 11 is 3.26. The molecular formula is C12H9BrFN3O2. The summed E-state index contributed by atoms with van der Waals surface area (Å²) < 4.78 is 15.9. The fraction of sp³-hybridized carbons (Fsp3) is 0.250. The maximum Gasteiger partial charge on any atom is 0.358 e. The largest absolute Gasteiger partial charge is 0.476 e. The second kappa shape index (κ2) is 4.41. The number of aromatic nitrogens is 3. The molecule has 1 N–H and O–H groups in total. The van der Waals surface area contributed by atoms with Gasteiger partial charge in [0, 0.05) is 10.4 Å². The third kappa shape index (κ3) is 2.14. The van der Waals surface area contributed by atoms with E-state index in [9.17, 15) is 9.18 Å². The lowest BCUT2D eigenvalue weighted by molar-refractivity contribution is 0.0689. The molecule has 3 rings (SSSR count). The van der Waals surface area contributed by atoms with Crippen molar-refractivity contribution in [2.24, 2.45) is 0 Å². The average Bonchev–Trinajstić information content (AvgIpc) is 3.11. The van der Waals surface area contributed by atoms with Crippen molar-refractivity contribution in [3.8, 4) is 5.69 Å². The predicted octanol–water partition coefficient (Wildman–Crippen LogP) is 2.74. The van der Waals surface area contributed by atoms with Gasteiger partial charge in [-0.05, 0) is 31.0 Å². The van der Waals surface area contributed by atoms with Crippen LogP contribution in [0.4, 0.5) is 4.39 Å². The van der Waals surface area contributed by atoms with Crippen LogP contribution >= 0.6 is 15.9 Å². The van der Waals surface area contributed by atoms with Gasteiger partial charge in [0.05, 0.1) is 5.69 Å². The quantitative estimate of drug-likeness (QED) is 0.942. The van der Waals surface area contributed by atoms with E-state index in [4.69, 9.17) is 5.11 Å². The van der Waals surface area contributed by atoms with E-state index in [0.717, 1.165) is 12.8 Å². The van der Waals surface area contributed by atoms with Crippen LogP contribution in [0.2, 0.25) is 0 Å². The van der Waals surface area contributed by atoms with Crippen LogP contribution in [0, 0.1) is 5.82 Å². The summed E-state index contributed by atoms with van der Waals surface area (Å²) in [5.74, 6) is -1.50. The summed E-state index contributed by atoms with van der Waals surface area (Å²) in [5, 5.41) is 16.6. The molecule has 7 heteroatoms. The van der Waals surface area contributed by atoms with Gasteiger partial charge in [0.25, 0.3) is 0 Å². The van der Waals surface area contributed by atoms with E-state index < -0.39 is 11.8 Å². The van der Waals surface area contributed by atoms with Crippen molar-refractivity contribution < 1.29 is 14.3 Å². The minimum Gasteiger partial charge on any atom is -0.476 e. The molecule has 1 aliphatic carbocycles. The Kier molecular flexibility index (Phi) is 2.85. The summed E-state index contributed by atoms with van der Waals surface area (Å²) in [6.07, 6.45) is 1.76. The molecular weight excluding hydrogens is 317 g/mol. The van der Waals surface area contributed by atoms with E-state index in [1.54, 1.807) is 12.1 Å². The molecule has 1 fully saturated rings. The van der Waals surface area contributed by atoms with Crippen molar-refractivity contribution >= 4 is 21.9 Å². The van der Waals surface area contributed by atoms with Crippen LogP contribution < -0.4 is 0 Å². The molecule has 1 aromatic carbocycles. The second-order valence-electron chi connectivity index (χ2n) is 4.41. The highest BCUT2D eigenvalue weighted by Crippen LogP contribution is 2.42. The molecule has 1 heterocycles. The second-order valence-corrected chi connectivity index (χ2v) is 5.33. The van der Waals surface area contributed by atoms with Crippen molar-refractivity contribution in [1.82, 2.24) is 15.0 Å². The molecule has 0 saturated heterocycles. The number of halogens is 2. The zero-order valence-corrected chi connectivity index (χ0v) is 11.3. The van der Waals surface area contributed by atoms with Crippen LogP contribution in [0.15, 0.2) is 22.7 Å². The molecule has 1 aromatic heterocycles. The Balaban J connectivity index is 2.20. The summed E-state index contributed by atoms with van der Waals surface area (Å²) in [7, 11) is 0. The SMILES string of the molecule is O=C(O)c1nnn(-c2cc(Br)ccc2F)c1C1CC1. The predicted molar refractivity (Wildman–Crippen MR) is 68.0 cm³/mol. The van der Waals surface area contributed by atoms with Gasteiger partial charge < -0.3 is 5.11 Å². The molecule has 5 nitrogen and oxygen atoms in total. The highest BCUT2D eigenvalue weighted by Gasteiger charge is 2.34. The maximum atomic E-state index is 13.9. The van der Waals surface area contributed by atoms with Gasteiger partial charge in [0.1, 0.15) is 11.5 Å². The van der Waals surface area contributed by atoms with Gasteiger partial charge in [-0.2, -0.15) is 0 Å². The van der Waals surface area contributed by atoms with Crippen LogP contribution in [0.3, 0.4) is 0 Å². The lowest BCUT2D eigenvalue weighted by Crippen LogP contribution is -2.07. The standard InChI is InChI=1S/C12H9BrFN3O2/c13-7-3-4-8(14)9(5-7)17-11(6-1-2-6)10(12(18)19)15-16-17/h3-6H,1-2H2,(H,18,19). The van der Waals surface area contributed by atoms with Crippen molar-refractivity contribution in [2.45, 2.75) is 18.8 Å². The van der Waals surface area contributed by atoms with Crippen LogP contribution in [-0.4, -0.2) is 26.1 Å². The van der Waals surface area contributed by atoms with Crippen LogP contribution in [0.1, 0.15) is 34.9 Å². The van der Waals surface area contributed by atoms with Crippen molar-refractivity contribution in [2.75, 3.05) is 0 Å². The number of nitrogens with zero attached hydrogens (tertiary/aromatic N) is 3. The van der Waals surface area contributed by atoms with E-state index in [2.05, 4.69) is 26.2 Å². The molecule has 0 bridgehead atoms. The van der Waals surface area contributed by atoms with Gasteiger partial charge in [-0.1, -0.05) is 21.1 Å². The molecule has 0 amide bonds. The van der Waals surface area contributed by atoms with Crippen LogP contribution in [0.25, 0.3) is 5.69 Å². The first-order valence-corrected chi connectivity index (χ1v) is 6.51. The molecule has 0 atom stereocenters. The first kappa shape index (κ1) is 12.3. The Morgan fingerprint density at radius 1 is 1.47 bits per heavy atom. The van der Waals surface area contributed by atoms with E-state index in [-0.39, 0.29) is 17.3 Å². The molecule has 0 unspecified atom stereocenters. The zero-order chi connectivity index (χ0) is 13.6. The molecule has 0 radical (unpaired) electrons. The van der Waals surface area contributed by atoms with Crippen molar-refractivity contribution in [3.05, 3.63) is 39.9 Å². The maximum absolute atomic E-state index is 13.9. The summed E-state index contributed by atoms with van der Waals surface area (Å²) in [6.45, 7) is 0. The Bertz CT molecular complexity index is 667. The third-order valence-corrected chi connectivity index (χ3v) is 3.50. The molecule has 0 spiro atoms. The number of carbonyl (C=O) groups is 1. The van der Waals surface area contributed by atoms with E-state index >= 15 is 0 Å². The highest BCUT2D eigenvalue weighted by molar-refractivity contribution is 9.10. The molecule has 19 heavy (non-hydrogen) atoms. The number of rotatable bonds is 3. The van der Waals surface area contributed by atoms with Crippen molar-refractivity contribution in [3.63, 3.8) is 0 Å². The number of carboxylic acid groups (broad SMARTS) is 1. The number of hydrogen-bond donors (Lipinski definition) is 1. The molecule has 98 valence electrons. The van der Waals surface area contributed by atoms with Crippen LogP contribution in [0.5, 0.6) is 0 Å². The normalized spacial score (nSPS) is 14.6. The summed E-state index contributed by atoms with van der Waals surface area (Å²) in [6, 6.07) is 4.43. The Morgan fingerprint density at radius 2 is 2.21 bits per heavy atom. The minimum absolute atomic E-state index is 0.0955. The van der Waals surface area contributed by atoms with Crippen molar-refractivity contribution in [1.29, 1.82) is 0 Å². The molecule has 0 aliphatic heterocycles. The Labute approximate surface area is 116 Å². The summed E-state index contributed by atoms with van der Waals surface area (Å²) in [5.41, 5.74) is 0.586. The monoisotopic (exact) mass is 325 g/mol. The first-order chi connectivity index (χ1) is 9.08. The van der Waals surface area contributed by atoms with Gasteiger partial charge >= 0.3 is 5.97 Å².